The van der Waals surface area contributed by atoms with Crippen LogP contribution in [-0.4, -0.2) is 4.98 Å². The van der Waals surface area contributed by atoms with Crippen molar-refractivity contribution in [2.45, 2.75) is 13.8 Å². The minimum absolute atomic E-state index is 0.768. The molecule has 2 heterocycles. The Balaban J connectivity index is 1.64. The van der Waals surface area contributed by atoms with Crippen LogP contribution in [0.5, 0.6) is 0 Å². The molecule has 142 valence electrons. The van der Waals surface area contributed by atoms with Crippen LogP contribution in [0.15, 0.2) is 82.3 Å². The molecule has 0 aliphatic rings. The summed E-state index contributed by atoms with van der Waals surface area (Å²) in [6, 6.07) is 24.5. The molecule has 3 aromatic carbocycles. The Kier molecular flexibility index (Phi) is 4.37. The van der Waals surface area contributed by atoms with Gasteiger partial charge in [-0.25, -0.2) is 4.98 Å². The zero-order valence-electron chi connectivity index (χ0n) is 16.1. The van der Waals surface area contributed by atoms with Gasteiger partial charge in [-0.3, -0.25) is 5.43 Å². The van der Waals surface area contributed by atoms with Crippen LogP contribution >= 0.6 is 11.3 Å². The van der Waals surface area contributed by atoms with E-state index in [2.05, 4.69) is 71.8 Å². The van der Waals surface area contributed by atoms with Gasteiger partial charge in [-0.15, -0.1) is 0 Å². The SMILES string of the molecule is Cc1ccc(-c2c/c(=N/Nc3nc4ccccc4s3)c3cc(C)ccc3o2)cc1. The van der Waals surface area contributed by atoms with Crippen LogP contribution in [0.4, 0.5) is 5.13 Å². The quantitative estimate of drug-likeness (QED) is 0.366. The summed E-state index contributed by atoms with van der Waals surface area (Å²) in [6.07, 6.45) is 0. The van der Waals surface area contributed by atoms with Crippen LogP contribution in [-0.2, 0) is 0 Å². The second-order valence-corrected chi connectivity index (χ2v) is 8.10. The number of anilines is 1. The summed E-state index contributed by atoms with van der Waals surface area (Å²) in [4.78, 5) is 4.61. The summed E-state index contributed by atoms with van der Waals surface area (Å²) in [6.45, 7) is 4.14. The van der Waals surface area contributed by atoms with Crippen molar-refractivity contribution in [3.05, 3.63) is 89.3 Å². The van der Waals surface area contributed by atoms with E-state index in [1.165, 1.54) is 5.56 Å². The third kappa shape index (κ3) is 3.52. The lowest BCUT2D eigenvalue weighted by Gasteiger charge is -2.06. The molecule has 1 N–H and O–H groups in total. The molecule has 0 aliphatic carbocycles. The molecule has 5 heteroatoms. The first-order valence-electron chi connectivity index (χ1n) is 9.43. The predicted molar refractivity (Wildman–Crippen MR) is 120 cm³/mol. The summed E-state index contributed by atoms with van der Waals surface area (Å²) in [5.41, 5.74) is 8.31. The fourth-order valence-electron chi connectivity index (χ4n) is 3.26. The van der Waals surface area contributed by atoms with Crippen molar-refractivity contribution in [3.8, 4) is 11.3 Å². The normalized spacial score (nSPS) is 12.0. The summed E-state index contributed by atoms with van der Waals surface area (Å²) < 4.78 is 7.32. The van der Waals surface area contributed by atoms with E-state index in [-0.39, 0.29) is 0 Å². The summed E-state index contributed by atoms with van der Waals surface area (Å²) in [5.74, 6) is 0.784. The second-order valence-electron chi connectivity index (χ2n) is 7.07. The monoisotopic (exact) mass is 397 g/mol. The molecule has 0 unspecified atom stereocenters. The lowest BCUT2D eigenvalue weighted by Crippen LogP contribution is -2.07. The first kappa shape index (κ1) is 17.6. The zero-order valence-corrected chi connectivity index (χ0v) is 17.0. The molecular weight excluding hydrogens is 378 g/mol. The molecule has 5 rings (SSSR count). The average molecular weight is 398 g/mol. The van der Waals surface area contributed by atoms with Crippen molar-refractivity contribution >= 4 is 37.7 Å². The van der Waals surface area contributed by atoms with Gasteiger partial charge in [0.25, 0.3) is 0 Å². The molecule has 0 aliphatic heterocycles. The fraction of sp³-hybridized carbons (Fsp3) is 0.0833. The molecule has 0 radical (unpaired) electrons. The van der Waals surface area contributed by atoms with Gasteiger partial charge >= 0.3 is 0 Å². The van der Waals surface area contributed by atoms with Gasteiger partial charge in [0.15, 0.2) is 0 Å². The van der Waals surface area contributed by atoms with Crippen LogP contribution in [0.25, 0.3) is 32.5 Å². The lowest BCUT2D eigenvalue weighted by atomic mass is 10.1. The van der Waals surface area contributed by atoms with Gasteiger partial charge in [0.2, 0.25) is 5.13 Å². The zero-order chi connectivity index (χ0) is 19.8. The topological polar surface area (TPSA) is 50.4 Å². The Morgan fingerprint density at radius 1 is 0.897 bits per heavy atom. The second kappa shape index (κ2) is 7.18. The van der Waals surface area contributed by atoms with Crippen molar-refractivity contribution < 1.29 is 4.42 Å². The molecule has 2 aromatic heterocycles. The number of hydrogen-bond donors (Lipinski definition) is 1. The molecule has 4 nitrogen and oxygen atoms in total. The number of hydrogen-bond acceptors (Lipinski definition) is 5. The van der Waals surface area contributed by atoms with Gasteiger partial charge in [0, 0.05) is 17.0 Å². The van der Waals surface area contributed by atoms with E-state index in [9.17, 15) is 0 Å². The minimum Gasteiger partial charge on any atom is -0.456 e. The average Bonchev–Trinajstić information content (AvgIpc) is 3.15. The van der Waals surface area contributed by atoms with Crippen molar-refractivity contribution in [1.29, 1.82) is 0 Å². The number of para-hydroxylation sites is 1. The number of benzene rings is 3. The van der Waals surface area contributed by atoms with Gasteiger partial charge in [0.1, 0.15) is 11.3 Å². The smallest absolute Gasteiger partial charge is 0.204 e. The van der Waals surface area contributed by atoms with E-state index in [0.29, 0.717) is 0 Å². The number of rotatable bonds is 3. The molecule has 5 aromatic rings. The van der Waals surface area contributed by atoms with Crippen LogP contribution in [0.1, 0.15) is 11.1 Å². The fourth-order valence-corrected chi connectivity index (χ4v) is 4.07. The highest BCUT2D eigenvalue weighted by Gasteiger charge is 2.07. The molecule has 0 spiro atoms. The number of nitrogens with zero attached hydrogens (tertiary/aromatic N) is 2. The number of fused-ring (bicyclic) bond motifs is 2. The van der Waals surface area contributed by atoms with Crippen molar-refractivity contribution in [3.63, 3.8) is 0 Å². The van der Waals surface area contributed by atoms with Crippen LogP contribution in [0.3, 0.4) is 0 Å². The highest BCUT2D eigenvalue weighted by Crippen LogP contribution is 2.26. The Morgan fingerprint density at radius 3 is 2.52 bits per heavy atom. The Labute approximate surface area is 172 Å². The molecule has 0 saturated carbocycles. The molecular formula is C24H19N3OS. The van der Waals surface area contributed by atoms with E-state index >= 15 is 0 Å². The Morgan fingerprint density at radius 2 is 1.69 bits per heavy atom. The number of aryl methyl sites for hydroxylation is 2. The van der Waals surface area contributed by atoms with E-state index in [0.717, 1.165) is 48.6 Å². The molecule has 0 amide bonds. The highest BCUT2D eigenvalue weighted by atomic mass is 32.1. The number of aromatic nitrogens is 1. The first-order chi connectivity index (χ1) is 14.2. The maximum atomic E-state index is 6.18. The minimum atomic E-state index is 0.768. The van der Waals surface area contributed by atoms with Crippen molar-refractivity contribution in [1.82, 2.24) is 4.98 Å². The summed E-state index contributed by atoms with van der Waals surface area (Å²) >= 11 is 1.59. The van der Waals surface area contributed by atoms with Crippen LogP contribution in [0, 0.1) is 13.8 Å². The van der Waals surface area contributed by atoms with Gasteiger partial charge in [-0.05, 0) is 38.1 Å². The van der Waals surface area contributed by atoms with Gasteiger partial charge in [-0.1, -0.05) is 64.9 Å². The van der Waals surface area contributed by atoms with Gasteiger partial charge < -0.3 is 4.42 Å². The van der Waals surface area contributed by atoms with Gasteiger partial charge in [-0.2, -0.15) is 5.10 Å². The van der Waals surface area contributed by atoms with Crippen LogP contribution < -0.4 is 10.8 Å². The largest absolute Gasteiger partial charge is 0.456 e. The molecule has 0 bridgehead atoms. The molecule has 0 fully saturated rings. The molecule has 0 atom stereocenters. The van der Waals surface area contributed by atoms with E-state index in [1.54, 1.807) is 11.3 Å². The van der Waals surface area contributed by atoms with E-state index in [4.69, 9.17) is 4.42 Å². The maximum absolute atomic E-state index is 6.18. The number of nitrogens with one attached hydrogen (secondary N) is 1. The summed E-state index contributed by atoms with van der Waals surface area (Å²) in [5, 5.41) is 7.24. The summed E-state index contributed by atoms with van der Waals surface area (Å²) in [7, 11) is 0. The molecule has 0 saturated heterocycles. The predicted octanol–water partition coefficient (Wildman–Crippen LogP) is 6.25. The van der Waals surface area contributed by atoms with Crippen molar-refractivity contribution in [2.24, 2.45) is 5.10 Å². The standard InChI is InChI=1S/C24H19N3OS/c1-15-7-10-17(11-8-15)22-14-20(18-13-16(2)9-12-21(18)28-22)26-27-24-25-19-5-3-4-6-23(19)29-24/h3-14H,1-2H3,(H,25,27)/b26-20-. The lowest BCUT2D eigenvalue weighted by molar-refractivity contribution is 0.618. The maximum Gasteiger partial charge on any atom is 0.204 e. The van der Waals surface area contributed by atoms with Crippen LogP contribution in [0.2, 0.25) is 0 Å². The van der Waals surface area contributed by atoms with Gasteiger partial charge in [0.05, 0.1) is 15.6 Å². The third-order valence-corrected chi connectivity index (χ3v) is 5.74. The van der Waals surface area contributed by atoms with Crippen molar-refractivity contribution in [2.75, 3.05) is 5.43 Å². The Bertz CT molecular complexity index is 1360. The van der Waals surface area contributed by atoms with E-state index < -0.39 is 0 Å². The third-order valence-electron chi connectivity index (χ3n) is 4.80. The molecule has 29 heavy (non-hydrogen) atoms. The first-order valence-corrected chi connectivity index (χ1v) is 10.2. The Hall–Kier alpha value is -3.44. The number of thiazole rings is 1. The van der Waals surface area contributed by atoms with E-state index in [1.807, 2.05) is 30.3 Å². The highest BCUT2D eigenvalue weighted by molar-refractivity contribution is 7.22.